The summed E-state index contributed by atoms with van der Waals surface area (Å²) in [4.78, 5) is 0. The largest absolute Gasteiger partial charge is 0.360 e. The molecule has 0 saturated heterocycles. The van der Waals surface area contributed by atoms with Crippen molar-refractivity contribution in [2.24, 2.45) is 0 Å². The molecular formula is C10H9ClFN3S. The van der Waals surface area contributed by atoms with Gasteiger partial charge in [0.2, 0.25) is 5.13 Å². The Morgan fingerprint density at radius 1 is 1.38 bits per heavy atom. The number of nitrogens with one attached hydrogen (secondary N) is 1. The van der Waals surface area contributed by atoms with Gasteiger partial charge in [0.05, 0.1) is 0 Å². The fourth-order valence-corrected chi connectivity index (χ4v) is 2.26. The molecule has 0 bridgehead atoms. The normalized spacial score (nSPS) is 10.4. The second-order valence-corrected chi connectivity index (χ2v) is 4.51. The molecular weight excluding hydrogens is 249 g/mol. The summed E-state index contributed by atoms with van der Waals surface area (Å²) >= 11 is 7.14. The Morgan fingerprint density at radius 3 is 2.88 bits per heavy atom. The molecule has 16 heavy (non-hydrogen) atoms. The Balaban J connectivity index is 2.34. The third-order valence-electron chi connectivity index (χ3n) is 1.86. The van der Waals surface area contributed by atoms with E-state index in [1.165, 1.54) is 23.5 Å². The summed E-state index contributed by atoms with van der Waals surface area (Å²) in [5.41, 5.74) is 0.645. The highest BCUT2D eigenvalue weighted by Crippen LogP contribution is 2.28. The molecule has 0 saturated carbocycles. The van der Waals surface area contributed by atoms with Crippen LogP contribution in [0, 0.1) is 5.82 Å². The molecule has 1 N–H and O–H groups in total. The van der Waals surface area contributed by atoms with E-state index in [9.17, 15) is 4.39 Å². The lowest BCUT2D eigenvalue weighted by Crippen LogP contribution is -1.94. The molecule has 0 atom stereocenters. The first-order valence-corrected chi connectivity index (χ1v) is 5.92. The summed E-state index contributed by atoms with van der Waals surface area (Å²) in [5, 5.41) is 12.7. The van der Waals surface area contributed by atoms with Crippen LogP contribution < -0.4 is 5.32 Å². The lowest BCUT2D eigenvalue weighted by molar-refractivity contribution is 0.628. The topological polar surface area (TPSA) is 37.8 Å². The van der Waals surface area contributed by atoms with Crippen molar-refractivity contribution in [2.75, 3.05) is 11.9 Å². The number of halogens is 2. The summed E-state index contributed by atoms with van der Waals surface area (Å²) < 4.78 is 13.1. The van der Waals surface area contributed by atoms with Gasteiger partial charge in [-0.2, -0.15) is 0 Å². The molecule has 0 amide bonds. The number of nitrogens with zero attached hydrogens (tertiary/aromatic N) is 2. The molecule has 0 aliphatic carbocycles. The van der Waals surface area contributed by atoms with Crippen LogP contribution in [0.4, 0.5) is 9.52 Å². The van der Waals surface area contributed by atoms with Crippen LogP contribution in [0.15, 0.2) is 18.2 Å². The third-order valence-corrected chi connectivity index (χ3v) is 3.01. The van der Waals surface area contributed by atoms with Crippen LogP contribution in [-0.2, 0) is 0 Å². The van der Waals surface area contributed by atoms with Crippen LogP contribution >= 0.6 is 22.9 Å². The average Bonchev–Trinajstić information content (AvgIpc) is 2.65. The number of hydrogen-bond donors (Lipinski definition) is 1. The van der Waals surface area contributed by atoms with Gasteiger partial charge >= 0.3 is 0 Å². The van der Waals surface area contributed by atoms with Crippen molar-refractivity contribution in [3.8, 4) is 10.6 Å². The minimum atomic E-state index is -0.372. The first-order chi connectivity index (χ1) is 7.69. The predicted molar refractivity (Wildman–Crippen MR) is 64.5 cm³/mol. The monoisotopic (exact) mass is 257 g/mol. The van der Waals surface area contributed by atoms with Crippen LogP contribution in [0.25, 0.3) is 10.6 Å². The van der Waals surface area contributed by atoms with E-state index in [-0.39, 0.29) is 5.82 Å². The van der Waals surface area contributed by atoms with Gasteiger partial charge in [-0.05, 0) is 25.1 Å². The first-order valence-electron chi connectivity index (χ1n) is 4.73. The molecule has 1 heterocycles. The van der Waals surface area contributed by atoms with Crippen molar-refractivity contribution in [3.05, 3.63) is 29.0 Å². The van der Waals surface area contributed by atoms with E-state index in [1.54, 1.807) is 6.07 Å². The molecule has 0 aliphatic rings. The minimum Gasteiger partial charge on any atom is -0.360 e. The maximum absolute atomic E-state index is 13.1. The van der Waals surface area contributed by atoms with Gasteiger partial charge in [0.1, 0.15) is 10.8 Å². The Labute approximate surface area is 101 Å². The van der Waals surface area contributed by atoms with Crippen molar-refractivity contribution in [2.45, 2.75) is 6.92 Å². The van der Waals surface area contributed by atoms with Crippen molar-refractivity contribution in [1.29, 1.82) is 0 Å². The molecule has 2 rings (SSSR count). The smallest absolute Gasteiger partial charge is 0.205 e. The first kappa shape index (κ1) is 11.3. The van der Waals surface area contributed by atoms with Crippen LogP contribution in [0.3, 0.4) is 0 Å². The van der Waals surface area contributed by atoms with E-state index >= 15 is 0 Å². The van der Waals surface area contributed by atoms with Gasteiger partial charge in [0.25, 0.3) is 0 Å². The zero-order valence-corrected chi connectivity index (χ0v) is 10.1. The maximum Gasteiger partial charge on any atom is 0.205 e. The highest BCUT2D eigenvalue weighted by Gasteiger charge is 2.08. The minimum absolute atomic E-state index is 0.357. The average molecular weight is 258 g/mol. The van der Waals surface area contributed by atoms with E-state index in [4.69, 9.17) is 11.6 Å². The number of aromatic nitrogens is 2. The molecule has 0 aliphatic heterocycles. The van der Waals surface area contributed by atoms with Crippen LogP contribution in [0.5, 0.6) is 0 Å². The SMILES string of the molecule is CCNc1nnc(-c2cc(F)cc(Cl)c2)s1. The van der Waals surface area contributed by atoms with Gasteiger partial charge in [-0.15, -0.1) is 10.2 Å². The second kappa shape index (κ2) is 4.76. The third kappa shape index (κ3) is 2.48. The summed E-state index contributed by atoms with van der Waals surface area (Å²) in [5.74, 6) is -0.372. The summed E-state index contributed by atoms with van der Waals surface area (Å²) in [6, 6.07) is 4.32. The van der Waals surface area contributed by atoms with Crippen LogP contribution in [0.1, 0.15) is 6.92 Å². The van der Waals surface area contributed by atoms with Crippen LogP contribution in [0.2, 0.25) is 5.02 Å². The molecule has 6 heteroatoms. The summed E-state index contributed by atoms with van der Waals surface area (Å²) in [6.07, 6.45) is 0. The van der Waals surface area contributed by atoms with E-state index in [0.29, 0.717) is 15.6 Å². The number of anilines is 1. The van der Waals surface area contributed by atoms with Gasteiger partial charge in [-0.1, -0.05) is 22.9 Å². The molecule has 0 fully saturated rings. The molecule has 0 radical (unpaired) electrons. The summed E-state index contributed by atoms with van der Waals surface area (Å²) in [7, 11) is 0. The molecule has 0 unspecified atom stereocenters. The molecule has 2 aromatic rings. The number of benzene rings is 1. The van der Waals surface area contributed by atoms with E-state index in [2.05, 4.69) is 15.5 Å². The highest BCUT2D eigenvalue weighted by molar-refractivity contribution is 7.18. The van der Waals surface area contributed by atoms with E-state index in [1.807, 2.05) is 6.92 Å². The standard InChI is InChI=1S/C10H9ClFN3S/c1-2-13-10-15-14-9(16-10)6-3-7(11)5-8(12)4-6/h3-5H,2H2,1H3,(H,13,15). The number of rotatable bonds is 3. The molecule has 1 aromatic carbocycles. The van der Waals surface area contributed by atoms with Gasteiger partial charge in [0, 0.05) is 17.1 Å². The van der Waals surface area contributed by atoms with Crippen molar-refractivity contribution in [3.63, 3.8) is 0 Å². The molecule has 0 spiro atoms. The zero-order valence-electron chi connectivity index (χ0n) is 8.50. The lowest BCUT2D eigenvalue weighted by Gasteiger charge is -1.97. The Kier molecular flexibility index (Phi) is 3.36. The predicted octanol–water partition coefficient (Wildman–Crippen LogP) is 3.43. The molecule has 3 nitrogen and oxygen atoms in total. The van der Waals surface area contributed by atoms with E-state index in [0.717, 1.165) is 11.7 Å². The van der Waals surface area contributed by atoms with E-state index < -0.39 is 0 Å². The highest BCUT2D eigenvalue weighted by atomic mass is 35.5. The van der Waals surface area contributed by atoms with Crippen LogP contribution in [-0.4, -0.2) is 16.7 Å². The Bertz CT molecular complexity index is 480. The fourth-order valence-electron chi connectivity index (χ4n) is 1.24. The quantitative estimate of drug-likeness (QED) is 0.915. The molecule has 1 aromatic heterocycles. The van der Waals surface area contributed by atoms with Gasteiger partial charge < -0.3 is 5.32 Å². The molecule has 84 valence electrons. The second-order valence-electron chi connectivity index (χ2n) is 3.10. The number of hydrogen-bond acceptors (Lipinski definition) is 4. The van der Waals surface area contributed by atoms with Crippen molar-refractivity contribution in [1.82, 2.24) is 10.2 Å². The lowest BCUT2D eigenvalue weighted by atomic mass is 10.2. The van der Waals surface area contributed by atoms with Gasteiger partial charge in [0.15, 0.2) is 0 Å². The zero-order chi connectivity index (χ0) is 11.5. The van der Waals surface area contributed by atoms with Crippen molar-refractivity contribution >= 4 is 28.1 Å². The summed E-state index contributed by atoms with van der Waals surface area (Å²) in [6.45, 7) is 2.75. The maximum atomic E-state index is 13.1. The fraction of sp³-hybridized carbons (Fsp3) is 0.200. The van der Waals surface area contributed by atoms with Crippen molar-refractivity contribution < 1.29 is 4.39 Å². The van der Waals surface area contributed by atoms with Gasteiger partial charge in [-0.25, -0.2) is 4.39 Å². The Hall–Kier alpha value is -1.20. The Morgan fingerprint density at radius 2 is 2.19 bits per heavy atom. The van der Waals surface area contributed by atoms with Gasteiger partial charge in [-0.3, -0.25) is 0 Å².